The second-order valence-corrected chi connectivity index (χ2v) is 5.46. The summed E-state index contributed by atoms with van der Waals surface area (Å²) in [5.41, 5.74) is 1.62. The third-order valence-corrected chi connectivity index (χ3v) is 3.94. The Morgan fingerprint density at radius 2 is 2.48 bits per heavy atom. The standard InChI is InChI=1S/C14H20N4O3/c1-20-14(19)13-9-18(16-15-13)12-4-5-17(8-12)7-11-3-2-6-21-10-11/h3,9,12H,2,4-8,10H2,1H3. The number of esters is 1. The summed E-state index contributed by atoms with van der Waals surface area (Å²) in [6.45, 7) is 4.48. The summed E-state index contributed by atoms with van der Waals surface area (Å²) in [6, 6.07) is 0.265. The molecule has 1 unspecified atom stereocenters. The van der Waals surface area contributed by atoms with Gasteiger partial charge in [0.1, 0.15) is 0 Å². The van der Waals surface area contributed by atoms with Gasteiger partial charge in [0.25, 0.3) is 0 Å². The maximum absolute atomic E-state index is 11.4. The number of carbonyl (C=O) groups excluding carboxylic acids is 1. The molecule has 0 spiro atoms. The normalized spacial score (nSPS) is 23.1. The molecule has 0 N–H and O–H groups in total. The fraction of sp³-hybridized carbons (Fsp3) is 0.643. The molecular weight excluding hydrogens is 272 g/mol. The van der Waals surface area contributed by atoms with Gasteiger partial charge in [-0.25, -0.2) is 9.48 Å². The van der Waals surface area contributed by atoms with Crippen molar-refractivity contribution in [2.45, 2.75) is 18.9 Å². The zero-order valence-electron chi connectivity index (χ0n) is 12.2. The molecule has 0 aromatic carbocycles. The van der Waals surface area contributed by atoms with Crippen LogP contribution in [0.5, 0.6) is 0 Å². The largest absolute Gasteiger partial charge is 0.464 e. The van der Waals surface area contributed by atoms with Gasteiger partial charge >= 0.3 is 5.97 Å². The number of likely N-dealkylation sites (tertiary alicyclic amines) is 1. The van der Waals surface area contributed by atoms with Crippen LogP contribution >= 0.6 is 0 Å². The molecule has 7 nitrogen and oxygen atoms in total. The molecule has 0 radical (unpaired) electrons. The molecule has 2 aliphatic heterocycles. The fourth-order valence-corrected chi connectivity index (χ4v) is 2.83. The Balaban J connectivity index is 1.57. The van der Waals surface area contributed by atoms with Crippen molar-refractivity contribution in [3.05, 3.63) is 23.5 Å². The van der Waals surface area contributed by atoms with E-state index in [0.717, 1.165) is 45.7 Å². The molecule has 1 atom stereocenters. The van der Waals surface area contributed by atoms with Crippen molar-refractivity contribution < 1.29 is 14.3 Å². The van der Waals surface area contributed by atoms with E-state index in [0.29, 0.717) is 0 Å². The van der Waals surface area contributed by atoms with Crippen LogP contribution in [-0.4, -0.2) is 65.8 Å². The van der Waals surface area contributed by atoms with Crippen LogP contribution in [0.2, 0.25) is 0 Å². The van der Waals surface area contributed by atoms with Gasteiger partial charge in [0.05, 0.1) is 32.6 Å². The summed E-state index contributed by atoms with van der Waals surface area (Å²) < 4.78 is 11.9. The highest BCUT2D eigenvalue weighted by Crippen LogP contribution is 2.22. The lowest BCUT2D eigenvalue weighted by molar-refractivity contribution is 0.0594. The second-order valence-electron chi connectivity index (χ2n) is 5.46. The molecule has 1 aromatic rings. The first kappa shape index (κ1) is 14.2. The Morgan fingerprint density at radius 3 is 3.24 bits per heavy atom. The topological polar surface area (TPSA) is 69.5 Å². The van der Waals surface area contributed by atoms with Gasteiger partial charge in [-0.15, -0.1) is 5.10 Å². The summed E-state index contributed by atoms with van der Waals surface area (Å²) >= 11 is 0. The lowest BCUT2D eigenvalue weighted by Gasteiger charge is -2.20. The molecule has 1 saturated heterocycles. The molecule has 0 amide bonds. The van der Waals surface area contributed by atoms with Gasteiger partial charge in [0.15, 0.2) is 5.69 Å². The van der Waals surface area contributed by atoms with Gasteiger partial charge in [0.2, 0.25) is 0 Å². The van der Waals surface area contributed by atoms with Gasteiger partial charge in [-0.3, -0.25) is 4.90 Å². The molecule has 2 aliphatic rings. The Labute approximate surface area is 123 Å². The lowest BCUT2D eigenvalue weighted by Crippen LogP contribution is -2.26. The first-order chi connectivity index (χ1) is 10.3. The van der Waals surface area contributed by atoms with Crippen LogP contribution in [0.1, 0.15) is 29.4 Å². The number of nitrogens with zero attached hydrogens (tertiary/aromatic N) is 4. The smallest absolute Gasteiger partial charge is 0.360 e. The zero-order valence-corrected chi connectivity index (χ0v) is 12.2. The SMILES string of the molecule is COC(=O)c1cn(C2CCN(CC3=CCCOC3)C2)nn1. The number of methoxy groups -OCH3 is 1. The molecular formula is C14H20N4O3. The van der Waals surface area contributed by atoms with E-state index in [-0.39, 0.29) is 11.7 Å². The van der Waals surface area contributed by atoms with E-state index in [9.17, 15) is 4.79 Å². The Kier molecular flexibility index (Phi) is 4.31. The van der Waals surface area contributed by atoms with Crippen LogP contribution in [0.3, 0.4) is 0 Å². The average molecular weight is 292 g/mol. The first-order valence-corrected chi connectivity index (χ1v) is 7.24. The average Bonchev–Trinajstić information content (AvgIpc) is 3.16. The van der Waals surface area contributed by atoms with Crippen molar-refractivity contribution in [1.29, 1.82) is 0 Å². The monoisotopic (exact) mass is 292 g/mol. The molecule has 7 heteroatoms. The van der Waals surface area contributed by atoms with Crippen LogP contribution in [-0.2, 0) is 9.47 Å². The zero-order chi connectivity index (χ0) is 14.7. The molecule has 0 saturated carbocycles. The van der Waals surface area contributed by atoms with Crippen molar-refractivity contribution in [1.82, 2.24) is 19.9 Å². The Bertz CT molecular complexity index is 540. The molecule has 0 bridgehead atoms. The maximum Gasteiger partial charge on any atom is 0.360 e. The molecule has 0 aliphatic carbocycles. The maximum atomic E-state index is 11.4. The predicted octanol–water partition coefficient (Wildman–Crippen LogP) is 0.658. The van der Waals surface area contributed by atoms with E-state index in [2.05, 4.69) is 26.0 Å². The Hall–Kier alpha value is -1.73. The van der Waals surface area contributed by atoms with Crippen molar-refractivity contribution in [2.24, 2.45) is 0 Å². The van der Waals surface area contributed by atoms with Crippen molar-refractivity contribution >= 4 is 5.97 Å². The number of carbonyl (C=O) groups is 1. The molecule has 1 aromatic heterocycles. The number of aromatic nitrogens is 3. The van der Waals surface area contributed by atoms with Crippen molar-refractivity contribution in [2.75, 3.05) is 40.0 Å². The summed E-state index contributed by atoms with van der Waals surface area (Å²) in [5.74, 6) is -0.444. The minimum absolute atomic E-state index is 0.263. The van der Waals surface area contributed by atoms with Gasteiger partial charge in [-0.2, -0.15) is 0 Å². The highest BCUT2D eigenvalue weighted by Gasteiger charge is 2.26. The van der Waals surface area contributed by atoms with E-state index in [1.165, 1.54) is 12.7 Å². The van der Waals surface area contributed by atoms with E-state index in [1.807, 2.05) is 0 Å². The fourth-order valence-electron chi connectivity index (χ4n) is 2.83. The van der Waals surface area contributed by atoms with Crippen molar-refractivity contribution in [3.8, 4) is 0 Å². The highest BCUT2D eigenvalue weighted by molar-refractivity contribution is 5.86. The molecule has 21 heavy (non-hydrogen) atoms. The number of ether oxygens (including phenoxy) is 2. The van der Waals surface area contributed by atoms with Gasteiger partial charge in [0, 0.05) is 19.6 Å². The minimum atomic E-state index is -0.444. The molecule has 1 fully saturated rings. The van der Waals surface area contributed by atoms with E-state index < -0.39 is 5.97 Å². The quantitative estimate of drug-likeness (QED) is 0.600. The molecule has 3 rings (SSSR count). The lowest BCUT2D eigenvalue weighted by atomic mass is 10.2. The third-order valence-electron chi connectivity index (χ3n) is 3.94. The van der Waals surface area contributed by atoms with Crippen LogP contribution in [0.25, 0.3) is 0 Å². The summed E-state index contributed by atoms with van der Waals surface area (Å²) in [7, 11) is 1.35. The molecule has 3 heterocycles. The number of hydrogen-bond acceptors (Lipinski definition) is 6. The highest BCUT2D eigenvalue weighted by atomic mass is 16.5. The van der Waals surface area contributed by atoms with Gasteiger partial charge in [-0.05, 0) is 18.4 Å². The molecule has 114 valence electrons. The number of rotatable bonds is 4. The summed E-state index contributed by atoms with van der Waals surface area (Å²) in [5, 5.41) is 7.91. The van der Waals surface area contributed by atoms with Crippen LogP contribution < -0.4 is 0 Å². The van der Waals surface area contributed by atoms with Gasteiger partial charge < -0.3 is 9.47 Å². The Morgan fingerprint density at radius 1 is 1.57 bits per heavy atom. The first-order valence-electron chi connectivity index (χ1n) is 7.24. The van der Waals surface area contributed by atoms with Crippen LogP contribution in [0.15, 0.2) is 17.8 Å². The van der Waals surface area contributed by atoms with Crippen molar-refractivity contribution in [3.63, 3.8) is 0 Å². The summed E-state index contributed by atoms with van der Waals surface area (Å²) in [6.07, 6.45) is 5.97. The predicted molar refractivity (Wildman–Crippen MR) is 75.0 cm³/mol. The van der Waals surface area contributed by atoms with E-state index in [1.54, 1.807) is 10.9 Å². The van der Waals surface area contributed by atoms with Crippen LogP contribution in [0, 0.1) is 0 Å². The third kappa shape index (κ3) is 3.30. The van der Waals surface area contributed by atoms with E-state index >= 15 is 0 Å². The number of hydrogen-bond donors (Lipinski definition) is 0. The minimum Gasteiger partial charge on any atom is -0.464 e. The van der Waals surface area contributed by atoms with E-state index in [4.69, 9.17) is 4.74 Å². The summed E-state index contributed by atoms with van der Waals surface area (Å²) in [4.78, 5) is 13.8. The second kappa shape index (κ2) is 6.36. The van der Waals surface area contributed by atoms with Gasteiger partial charge in [-0.1, -0.05) is 11.3 Å². The van der Waals surface area contributed by atoms with Crippen LogP contribution in [0.4, 0.5) is 0 Å².